The number of carbonyl (C=O) groups excluding carboxylic acids is 2. The number of carbonyl (C=O) groups is 2. The first kappa shape index (κ1) is 31.2. The maximum absolute atomic E-state index is 12.9. The van der Waals surface area contributed by atoms with Gasteiger partial charge in [-0.3, -0.25) is 9.69 Å². The van der Waals surface area contributed by atoms with E-state index >= 15 is 0 Å². The number of urea groups is 1. The summed E-state index contributed by atoms with van der Waals surface area (Å²) in [6.45, 7) is 12.0. The second-order valence-corrected chi connectivity index (χ2v) is 11.2. The van der Waals surface area contributed by atoms with Gasteiger partial charge in [-0.2, -0.15) is 0 Å². The first-order valence-corrected chi connectivity index (χ1v) is 14.6. The van der Waals surface area contributed by atoms with E-state index in [0.717, 1.165) is 11.4 Å². The lowest BCUT2D eigenvalue weighted by Crippen LogP contribution is -2.50. The van der Waals surface area contributed by atoms with E-state index in [4.69, 9.17) is 27.9 Å². The summed E-state index contributed by atoms with van der Waals surface area (Å²) in [5, 5.41) is 6.45. The van der Waals surface area contributed by atoms with Crippen molar-refractivity contribution in [2.45, 2.75) is 20.4 Å². The van der Waals surface area contributed by atoms with Gasteiger partial charge in [0.25, 0.3) is 0 Å². The van der Waals surface area contributed by atoms with Crippen LogP contribution in [0.5, 0.6) is 5.75 Å². The lowest BCUT2D eigenvalue weighted by molar-refractivity contribution is -0.117. The molecule has 0 aliphatic carbocycles. The molecule has 0 atom stereocenters. The Morgan fingerprint density at radius 1 is 0.976 bits per heavy atom. The summed E-state index contributed by atoms with van der Waals surface area (Å²) >= 11 is 12.6. The van der Waals surface area contributed by atoms with Crippen LogP contribution in [0, 0.1) is 13.8 Å². The molecule has 0 radical (unpaired) electrons. The van der Waals surface area contributed by atoms with E-state index < -0.39 is 0 Å². The monoisotopic (exact) mass is 609 g/mol. The zero-order valence-electron chi connectivity index (χ0n) is 24.3. The van der Waals surface area contributed by atoms with Gasteiger partial charge in [0, 0.05) is 62.8 Å². The molecule has 8 nitrogen and oxygen atoms in total. The van der Waals surface area contributed by atoms with Crippen molar-refractivity contribution in [2.24, 2.45) is 0 Å². The number of methoxy groups -OCH3 is 1. The Labute approximate surface area is 257 Å². The van der Waals surface area contributed by atoms with Crippen LogP contribution in [0.4, 0.5) is 21.9 Å². The molecule has 0 unspecified atom stereocenters. The van der Waals surface area contributed by atoms with E-state index in [1.54, 1.807) is 17.0 Å². The molecule has 1 aliphatic rings. The van der Waals surface area contributed by atoms with Crippen LogP contribution in [-0.2, 0) is 11.3 Å². The highest BCUT2D eigenvalue weighted by Crippen LogP contribution is 2.35. The van der Waals surface area contributed by atoms with E-state index in [9.17, 15) is 9.59 Å². The average molecular weight is 611 g/mol. The van der Waals surface area contributed by atoms with Gasteiger partial charge in [-0.25, -0.2) is 4.79 Å². The Kier molecular flexibility index (Phi) is 10.7. The second kappa shape index (κ2) is 14.4. The number of hydrogen-bond donors (Lipinski definition) is 2. The normalized spacial score (nSPS) is 13.2. The fraction of sp³-hybridized carbons (Fsp3) is 0.312. The van der Waals surface area contributed by atoms with Gasteiger partial charge in [0.15, 0.2) is 0 Å². The first-order valence-electron chi connectivity index (χ1n) is 13.8. The van der Waals surface area contributed by atoms with Crippen molar-refractivity contribution in [3.05, 3.63) is 94.0 Å². The molecule has 0 bridgehead atoms. The fourth-order valence-corrected chi connectivity index (χ4v) is 5.49. The van der Waals surface area contributed by atoms with Crippen molar-refractivity contribution in [3.8, 4) is 5.75 Å². The van der Waals surface area contributed by atoms with Crippen LogP contribution in [0.25, 0.3) is 0 Å². The molecule has 3 amide bonds. The predicted octanol–water partition coefficient (Wildman–Crippen LogP) is 6.60. The second-order valence-electron chi connectivity index (χ2n) is 10.4. The Morgan fingerprint density at radius 2 is 1.64 bits per heavy atom. The molecule has 10 heteroatoms. The molecule has 3 aromatic rings. The van der Waals surface area contributed by atoms with Gasteiger partial charge in [0.05, 0.1) is 29.4 Å². The highest BCUT2D eigenvalue weighted by Gasteiger charge is 2.23. The molecule has 1 saturated heterocycles. The van der Waals surface area contributed by atoms with E-state index in [1.165, 1.54) is 23.8 Å². The zero-order chi connectivity index (χ0) is 30.2. The SMILES string of the molecule is C=CCN(CC(=O)Nc1ccc(N2CCN(C(=O)Nc3c(Cl)cc(OC)cc3Cl)CC2)cc1)Cc1ccc(C)cc1C. The summed E-state index contributed by atoms with van der Waals surface area (Å²) in [6, 6.07) is 17.1. The van der Waals surface area contributed by atoms with E-state index in [2.05, 4.69) is 59.1 Å². The molecule has 0 aromatic heterocycles. The predicted molar refractivity (Wildman–Crippen MR) is 172 cm³/mol. The summed E-state index contributed by atoms with van der Waals surface area (Å²) in [5.74, 6) is 0.441. The van der Waals surface area contributed by atoms with Gasteiger partial charge in [-0.15, -0.1) is 6.58 Å². The molecule has 3 aromatic carbocycles. The Balaban J connectivity index is 1.27. The Bertz CT molecular complexity index is 1400. The molecule has 222 valence electrons. The maximum atomic E-state index is 12.9. The smallest absolute Gasteiger partial charge is 0.322 e. The minimum atomic E-state index is -0.260. The lowest BCUT2D eigenvalue weighted by atomic mass is 10.1. The minimum absolute atomic E-state index is 0.0777. The summed E-state index contributed by atoms with van der Waals surface area (Å²) in [5.41, 5.74) is 5.76. The molecule has 2 N–H and O–H groups in total. The van der Waals surface area contributed by atoms with Crippen LogP contribution >= 0.6 is 23.2 Å². The van der Waals surface area contributed by atoms with Crippen LogP contribution in [0.1, 0.15) is 16.7 Å². The van der Waals surface area contributed by atoms with Gasteiger partial charge in [0.1, 0.15) is 5.75 Å². The Hall–Kier alpha value is -3.72. The molecule has 0 saturated carbocycles. The third-order valence-electron chi connectivity index (χ3n) is 7.21. The van der Waals surface area contributed by atoms with Gasteiger partial charge < -0.3 is 25.2 Å². The third-order valence-corrected chi connectivity index (χ3v) is 7.81. The number of hydrogen-bond acceptors (Lipinski definition) is 5. The van der Waals surface area contributed by atoms with Crippen molar-refractivity contribution >= 4 is 52.2 Å². The molecule has 1 fully saturated rings. The number of anilines is 3. The van der Waals surface area contributed by atoms with E-state index in [1.807, 2.05) is 30.3 Å². The van der Waals surface area contributed by atoms with Crippen LogP contribution in [0.2, 0.25) is 10.0 Å². The quantitative estimate of drug-likeness (QED) is 0.253. The average Bonchev–Trinajstić information content (AvgIpc) is 2.96. The van der Waals surface area contributed by atoms with Crippen LogP contribution in [0.3, 0.4) is 0 Å². The van der Waals surface area contributed by atoms with Crippen LogP contribution in [-0.4, -0.2) is 68.1 Å². The van der Waals surface area contributed by atoms with Crippen LogP contribution in [0.15, 0.2) is 67.3 Å². The molecule has 42 heavy (non-hydrogen) atoms. The van der Waals surface area contributed by atoms with Crippen molar-refractivity contribution in [2.75, 3.05) is 61.9 Å². The topological polar surface area (TPSA) is 77.2 Å². The van der Waals surface area contributed by atoms with Gasteiger partial charge >= 0.3 is 6.03 Å². The standard InChI is InChI=1S/C32H37Cl2N5O3/c1-5-12-37(20-24-7-6-22(2)17-23(24)3)21-30(40)35-25-8-10-26(11-9-25)38-13-15-39(16-14-38)32(41)36-31-28(33)18-27(42-4)19-29(31)34/h5-11,17-19H,1,12-16,20-21H2,2-4H3,(H,35,40)(H,36,41). The number of nitrogens with zero attached hydrogens (tertiary/aromatic N) is 3. The number of benzene rings is 3. The van der Waals surface area contributed by atoms with Gasteiger partial charge in [-0.1, -0.05) is 53.0 Å². The summed E-state index contributed by atoms with van der Waals surface area (Å²) in [4.78, 5) is 31.7. The number of ether oxygens (including phenoxy) is 1. The van der Waals surface area contributed by atoms with E-state index in [0.29, 0.717) is 60.8 Å². The van der Waals surface area contributed by atoms with Crippen molar-refractivity contribution in [1.29, 1.82) is 0 Å². The number of rotatable bonds is 10. The van der Waals surface area contributed by atoms with E-state index in [-0.39, 0.29) is 18.5 Å². The minimum Gasteiger partial charge on any atom is -0.497 e. The maximum Gasteiger partial charge on any atom is 0.322 e. The number of aryl methyl sites for hydroxylation is 2. The molecule has 1 aliphatic heterocycles. The molecular weight excluding hydrogens is 573 g/mol. The fourth-order valence-electron chi connectivity index (χ4n) is 4.93. The zero-order valence-corrected chi connectivity index (χ0v) is 25.8. The molecule has 1 heterocycles. The molecule has 0 spiro atoms. The third kappa shape index (κ3) is 8.18. The van der Waals surface area contributed by atoms with Gasteiger partial charge in [-0.05, 0) is 49.2 Å². The lowest BCUT2D eigenvalue weighted by Gasteiger charge is -2.36. The molecule has 4 rings (SSSR count). The summed E-state index contributed by atoms with van der Waals surface area (Å²) in [7, 11) is 1.52. The number of amides is 3. The summed E-state index contributed by atoms with van der Waals surface area (Å²) < 4.78 is 5.16. The van der Waals surface area contributed by atoms with Crippen molar-refractivity contribution < 1.29 is 14.3 Å². The first-order chi connectivity index (χ1) is 20.2. The number of nitrogens with one attached hydrogen (secondary N) is 2. The van der Waals surface area contributed by atoms with Crippen LogP contribution < -0.4 is 20.3 Å². The molecular formula is C32H37Cl2N5O3. The Morgan fingerprint density at radius 3 is 2.24 bits per heavy atom. The van der Waals surface area contributed by atoms with Crippen molar-refractivity contribution in [3.63, 3.8) is 0 Å². The number of piperazine rings is 1. The van der Waals surface area contributed by atoms with Crippen molar-refractivity contribution in [1.82, 2.24) is 9.80 Å². The highest BCUT2D eigenvalue weighted by molar-refractivity contribution is 6.40. The number of halogens is 2. The van der Waals surface area contributed by atoms with Gasteiger partial charge in [0.2, 0.25) is 5.91 Å². The summed E-state index contributed by atoms with van der Waals surface area (Å²) in [6.07, 6.45) is 1.82. The largest absolute Gasteiger partial charge is 0.497 e. The highest BCUT2D eigenvalue weighted by atomic mass is 35.5.